The van der Waals surface area contributed by atoms with E-state index < -0.39 is 17.7 Å². The number of carbonyl (C=O) groups is 1. The third kappa shape index (κ3) is 4.51. The summed E-state index contributed by atoms with van der Waals surface area (Å²) in [6.07, 6.45) is 0.326. The van der Waals surface area contributed by atoms with E-state index in [1.54, 1.807) is 31.2 Å². The molecule has 2 aromatic rings. The summed E-state index contributed by atoms with van der Waals surface area (Å²) in [5.41, 5.74) is 1.79. The van der Waals surface area contributed by atoms with E-state index in [1.807, 2.05) is 0 Å². The van der Waals surface area contributed by atoms with Crippen LogP contribution < -0.4 is 10.6 Å². The normalized spacial score (nSPS) is 11.4. The fraction of sp³-hybridized carbons (Fsp3) is 0.176. The van der Waals surface area contributed by atoms with Crippen molar-refractivity contribution in [2.24, 2.45) is 0 Å². The molecule has 0 aliphatic carbocycles. The Hall–Kier alpha value is -2.94. The molecule has 4 nitrogen and oxygen atoms in total. The smallest absolute Gasteiger partial charge is 0.246 e. The Kier molecular flexibility index (Phi) is 5.26. The first-order valence-electron chi connectivity index (χ1n) is 6.98. The highest BCUT2D eigenvalue weighted by Gasteiger charge is 2.13. The van der Waals surface area contributed by atoms with Crippen LogP contribution in [0.1, 0.15) is 12.5 Å². The molecule has 0 aliphatic heterocycles. The molecule has 0 aromatic heterocycles. The van der Waals surface area contributed by atoms with Gasteiger partial charge in [-0.1, -0.05) is 12.1 Å². The second-order valence-corrected chi connectivity index (χ2v) is 5.02. The number of amides is 1. The predicted octanol–water partition coefficient (Wildman–Crippen LogP) is 3.47. The van der Waals surface area contributed by atoms with Crippen molar-refractivity contribution in [3.63, 3.8) is 0 Å². The predicted molar refractivity (Wildman–Crippen MR) is 83.8 cm³/mol. The number of hydrogen-bond donors (Lipinski definition) is 2. The zero-order valence-electron chi connectivity index (χ0n) is 12.4. The number of nitriles is 1. The van der Waals surface area contributed by atoms with Gasteiger partial charge in [-0.25, -0.2) is 8.78 Å². The molecule has 0 bridgehead atoms. The van der Waals surface area contributed by atoms with Gasteiger partial charge in [0.1, 0.15) is 6.04 Å². The maximum absolute atomic E-state index is 13.1. The summed E-state index contributed by atoms with van der Waals surface area (Å²) < 4.78 is 26.0. The van der Waals surface area contributed by atoms with Crippen LogP contribution in [0.25, 0.3) is 0 Å². The molecule has 1 atom stereocenters. The average Bonchev–Trinajstić information content (AvgIpc) is 2.53. The fourth-order valence-corrected chi connectivity index (χ4v) is 1.95. The zero-order valence-corrected chi connectivity index (χ0v) is 12.4. The van der Waals surface area contributed by atoms with E-state index in [-0.39, 0.29) is 11.6 Å². The SMILES string of the molecule is CC(Nc1ccc(CC#N)cc1)C(=O)Nc1ccc(F)c(F)c1. The third-order valence-corrected chi connectivity index (χ3v) is 3.20. The first-order valence-corrected chi connectivity index (χ1v) is 6.98. The number of benzene rings is 2. The molecule has 6 heteroatoms. The summed E-state index contributed by atoms with van der Waals surface area (Å²) in [5.74, 6) is -2.36. The van der Waals surface area contributed by atoms with Crippen LogP contribution in [0.2, 0.25) is 0 Å². The van der Waals surface area contributed by atoms with E-state index >= 15 is 0 Å². The van der Waals surface area contributed by atoms with Gasteiger partial charge in [-0.15, -0.1) is 0 Å². The van der Waals surface area contributed by atoms with Crippen LogP contribution in [-0.4, -0.2) is 11.9 Å². The molecule has 2 aromatic carbocycles. The van der Waals surface area contributed by atoms with Gasteiger partial charge in [0.25, 0.3) is 0 Å². The highest BCUT2D eigenvalue weighted by atomic mass is 19.2. The van der Waals surface area contributed by atoms with Crippen molar-refractivity contribution in [3.05, 3.63) is 59.7 Å². The standard InChI is InChI=1S/C17H15F2N3O/c1-11(21-13-4-2-12(3-5-13)8-9-20)17(23)22-14-6-7-15(18)16(19)10-14/h2-7,10-11,21H,8H2,1H3,(H,22,23). The van der Waals surface area contributed by atoms with Gasteiger partial charge >= 0.3 is 0 Å². The quantitative estimate of drug-likeness (QED) is 0.888. The lowest BCUT2D eigenvalue weighted by Crippen LogP contribution is -2.31. The van der Waals surface area contributed by atoms with Crippen molar-refractivity contribution in [2.45, 2.75) is 19.4 Å². The van der Waals surface area contributed by atoms with Crippen molar-refractivity contribution in [1.82, 2.24) is 0 Å². The van der Waals surface area contributed by atoms with Crippen molar-refractivity contribution in [2.75, 3.05) is 10.6 Å². The second kappa shape index (κ2) is 7.36. The highest BCUT2D eigenvalue weighted by molar-refractivity contribution is 5.96. The van der Waals surface area contributed by atoms with E-state index in [2.05, 4.69) is 16.7 Å². The van der Waals surface area contributed by atoms with Gasteiger partial charge in [0.15, 0.2) is 11.6 Å². The van der Waals surface area contributed by atoms with Crippen LogP contribution in [0.5, 0.6) is 0 Å². The van der Waals surface area contributed by atoms with Crippen molar-refractivity contribution >= 4 is 17.3 Å². The van der Waals surface area contributed by atoms with Crippen LogP contribution in [0, 0.1) is 23.0 Å². The van der Waals surface area contributed by atoms with E-state index in [0.29, 0.717) is 6.42 Å². The van der Waals surface area contributed by atoms with Gasteiger partial charge in [0.2, 0.25) is 5.91 Å². The maximum Gasteiger partial charge on any atom is 0.246 e. The first-order chi connectivity index (χ1) is 11.0. The van der Waals surface area contributed by atoms with E-state index in [9.17, 15) is 13.6 Å². The summed E-state index contributed by atoms with van der Waals surface area (Å²) in [4.78, 5) is 12.0. The van der Waals surface area contributed by atoms with Crippen molar-refractivity contribution < 1.29 is 13.6 Å². The summed E-state index contributed by atoms with van der Waals surface area (Å²) in [5, 5.41) is 14.1. The maximum atomic E-state index is 13.1. The topological polar surface area (TPSA) is 64.9 Å². The number of anilines is 2. The molecule has 0 saturated heterocycles. The van der Waals surface area contributed by atoms with Gasteiger partial charge in [0, 0.05) is 17.4 Å². The Morgan fingerprint density at radius 1 is 1.13 bits per heavy atom. The molecule has 0 aliphatic rings. The Bertz CT molecular complexity index is 738. The Morgan fingerprint density at radius 3 is 2.39 bits per heavy atom. The molecule has 0 heterocycles. The van der Waals surface area contributed by atoms with Crippen LogP contribution in [-0.2, 0) is 11.2 Å². The summed E-state index contributed by atoms with van der Waals surface area (Å²) >= 11 is 0. The van der Waals surface area contributed by atoms with E-state index in [1.165, 1.54) is 6.07 Å². The lowest BCUT2D eigenvalue weighted by Gasteiger charge is -2.15. The third-order valence-electron chi connectivity index (χ3n) is 3.20. The summed E-state index contributed by atoms with van der Waals surface area (Å²) in [6.45, 7) is 1.65. The molecule has 2 rings (SSSR count). The molecule has 0 radical (unpaired) electrons. The molecule has 118 valence electrons. The van der Waals surface area contributed by atoms with Crippen molar-refractivity contribution in [1.29, 1.82) is 5.26 Å². The molecular formula is C17H15F2N3O. The zero-order chi connectivity index (χ0) is 16.8. The number of halogens is 2. The van der Waals surface area contributed by atoms with Gasteiger partial charge < -0.3 is 10.6 Å². The highest BCUT2D eigenvalue weighted by Crippen LogP contribution is 2.15. The van der Waals surface area contributed by atoms with Crippen molar-refractivity contribution in [3.8, 4) is 6.07 Å². The summed E-state index contributed by atoms with van der Waals surface area (Å²) in [7, 11) is 0. The Balaban J connectivity index is 1.96. The molecule has 2 N–H and O–H groups in total. The monoisotopic (exact) mass is 315 g/mol. The molecule has 0 spiro atoms. The lowest BCUT2D eigenvalue weighted by molar-refractivity contribution is -0.116. The minimum absolute atomic E-state index is 0.187. The van der Waals surface area contributed by atoms with Gasteiger partial charge in [-0.3, -0.25) is 4.79 Å². The Morgan fingerprint density at radius 2 is 1.78 bits per heavy atom. The first kappa shape index (κ1) is 16.4. The van der Waals surface area contributed by atoms with Gasteiger partial charge in [-0.2, -0.15) is 5.26 Å². The number of nitrogens with one attached hydrogen (secondary N) is 2. The largest absolute Gasteiger partial charge is 0.374 e. The molecule has 0 saturated carbocycles. The molecule has 23 heavy (non-hydrogen) atoms. The molecule has 1 amide bonds. The van der Waals surface area contributed by atoms with Gasteiger partial charge in [-0.05, 0) is 36.8 Å². The van der Waals surface area contributed by atoms with Crippen LogP contribution >= 0.6 is 0 Å². The molecule has 1 unspecified atom stereocenters. The number of carbonyl (C=O) groups excluding carboxylic acids is 1. The fourth-order valence-electron chi connectivity index (χ4n) is 1.95. The van der Waals surface area contributed by atoms with E-state index in [0.717, 1.165) is 23.4 Å². The lowest BCUT2D eigenvalue weighted by atomic mass is 10.1. The van der Waals surface area contributed by atoms with E-state index in [4.69, 9.17) is 5.26 Å². The van der Waals surface area contributed by atoms with Gasteiger partial charge in [0.05, 0.1) is 12.5 Å². The van der Waals surface area contributed by atoms with Crippen LogP contribution in [0.4, 0.5) is 20.2 Å². The Labute approximate surface area is 132 Å². The molecular weight excluding hydrogens is 300 g/mol. The second-order valence-electron chi connectivity index (χ2n) is 5.02. The minimum atomic E-state index is -1.02. The average molecular weight is 315 g/mol. The summed E-state index contributed by atoms with van der Waals surface area (Å²) in [6, 6.07) is 11.8. The molecule has 0 fully saturated rings. The number of rotatable bonds is 5. The van der Waals surface area contributed by atoms with Crippen LogP contribution in [0.3, 0.4) is 0 Å². The number of hydrogen-bond acceptors (Lipinski definition) is 3. The minimum Gasteiger partial charge on any atom is -0.374 e. The number of nitrogens with zero attached hydrogens (tertiary/aromatic N) is 1. The van der Waals surface area contributed by atoms with Crippen LogP contribution in [0.15, 0.2) is 42.5 Å².